The van der Waals surface area contributed by atoms with Crippen LogP contribution in [0.25, 0.3) is 5.57 Å². The van der Waals surface area contributed by atoms with Crippen molar-refractivity contribution in [2.45, 2.75) is 31.5 Å². The van der Waals surface area contributed by atoms with Crippen molar-refractivity contribution in [3.8, 4) is 5.75 Å². The van der Waals surface area contributed by atoms with E-state index in [0.29, 0.717) is 5.92 Å². The minimum atomic E-state index is -0.758. The normalized spacial score (nSPS) is 24.9. The van der Waals surface area contributed by atoms with Gasteiger partial charge in [0, 0.05) is 18.2 Å². The van der Waals surface area contributed by atoms with Crippen LogP contribution in [-0.4, -0.2) is 7.11 Å². The molecule has 0 saturated heterocycles. The summed E-state index contributed by atoms with van der Waals surface area (Å²) in [5.41, 5.74) is 5.76. The van der Waals surface area contributed by atoms with Gasteiger partial charge in [0.15, 0.2) is 0 Å². The van der Waals surface area contributed by atoms with Gasteiger partial charge in [-0.25, -0.2) is 0 Å². The van der Waals surface area contributed by atoms with E-state index in [1.807, 2.05) is 12.1 Å². The monoisotopic (exact) mass is 292 g/mol. The van der Waals surface area contributed by atoms with Gasteiger partial charge in [-0.2, -0.15) is 0 Å². The maximum absolute atomic E-state index is 6.37. The van der Waals surface area contributed by atoms with Crippen LogP contribution in [0.2, 0.25) is 0 Å². The van der Waals surface area contributed by atoms with E-state index in [2.05, 4.69) is 50.8 Å². The molecule has 0 N–H and O–H groups in total. The van der Waals surface area contributed by atoms with Crippen LogP contribution in [0.5, 0.6) is 5.75 Å². The molecule has 0 fully saturated rings. The van der Waals surface area contributed by atoms with Crippen molar-refractivity contribution in [3.63, 3.8) is 0 Å². The van der Waals surface area contributed by atoms with E-state index in [0.717, 1.165) is 22.4 Å². The van der Waals surface area contributed by atoms with Gasteiger partial charge in [-0.3, -0.25) is 0 Å². The van der Waals surface area contributed by atoms with Gasteiger partial charge in [-0.15, -0.1) is 0 Å². The van der Waals surface area contributed by atoms with Gasteiger partial charge in [0.1, 0.15) is 5.75 Å². The second-order valence-corrected chi connectivity index (χ2v) is 6.43. The number of fused-ring (bicyclic) bond motifs is 5. The fourth-order valence-electron chi connectivity index (χ4n) is 3.78. The molecule has 2 heteroatoms. The van der Waals surface area contributed by atoms with Gasteiger partial charge >= 0.3 is 0 Å². The lowest BCUT2D eigenvalue weighted by Crippen LogP contribution is -2.33. The van der Waals surface area contributed by atoms with Crippen LogP contribution in [0.4, 0.5) is 0 Å². The average molecular weight is 292 g/mol. The van der Waals surface area contributed by atoms with Crippen molar-refractivity contribution in [2.24, 2.45) is 0 Å². The van der Waals surface area contributed by atoms with E-state index in [1.165, 1.54) is 11.1 Å². The highest BCUT2D eigenvalue weighted by atomic mass is 16.7. The molecule has 2 atom stereocenters. The number of hydrogen-bond acceptors (Lipinski definition) is 2. The first-order chi connectivity index (χ1) is 10.6. The van der Waals surface area contributed by atoms with E-state index < -0.39 is 5.79 Å². The Hall–Kier alpha value is -2.06. The molecule has 2 aliphatic rings. The topological polar surface area (TPSA) is 18.5 Å². The molecule has 1 aliphatic carbocycles. The van der Waals surface area contributed by atoms with E-state index in [4.69, 9.17) is 9.47 Å². The second-order valence-electron chi connectivity index (χ2n) is 6.43. The molecule has 2 nitrogen and oxygen atoms in total. The molecule has 1 aliphatic heterocycles. The Morgan fingerprint density at radius 1 is 1.18 bits per heavy atom. The van der Waals surface area contributed by atoms with Gasteiger partial charge in [0.2, 0.25) is 5.79 Å². The van der Waals surface area contributed by atoms with Gasteiger partial charge in [0.25, 0.3) is 0 Å². The molecule has 22 heavy (non-hydrogen) atoms. The fraction of sp³-hybridized carbons (Fsp3) is 0.300. The summed E-state index contributed by atoms with van der Waals surface area (Å²) in [6.45, 7) is 8.71. The number of ether oxygens (including phenoxy) is 2. The molecule has 2 unspecified atom stereocenters. The summed E-state index contributed by atoms with van der Waals surface area (Å²) in [6, 6.07) is 14.8. The van der Waals surface area contributed by atoms with Crippen LogP contribution < -0.4 is 4.74 Å². The number of methoxy groups -OCH3 is 1. The Kier molecular flexibility index (Phi) is 2.76. The number of rotatable bonds is 2. The first-order valence-electron chi connectivity index (χ1n) is 7.75. The quantitative estimate of drug-likeness (QED) is 0.790. The smallest absolute Gasteiger partial charge is 0.248 e. The Bertz CT molecular complexity index is 775. The summed E-state index contributed by atoms with van der Waals surface area (Å²) in [5, 5.41) is 0. The fourth-order valence-corrected chi connectivity index (χ4v) is 3.78. The van der Waals surface area contributed by atoms with E-state index in [1.54, 1.807) is 7.11 Å². The molecule has 2 aromatic rings. The molecule has 0 radical (unpaired) electrons. The van der Waals surface area contributed by atoms with Gasteiger partial charge < -0.3 is 9.47 Å². The summed E-state index contributed by atoms with van der Waals surface area (Å²) in [5.74, 6) is 0.675. The molecule has 0 aromatic heterocycles. The van der Waals surface area contributed by atoms with E-state index in [9.17, 15) is 0 Å². The van der Waals surface area contributed by atoms with Crippen LogP contribution in [0.3, 0.4) is 0 Å². The Morgan fingerprint density at radius 3 is 2.68 bits per heavy atom. The third kappa shape index (κ3) is 1.53. The van der Waals surface area contributed by atoms with Gasteiger partial charge in [-0.05, 0) is 28.7 Å². The zero-order valence-corrected chi connectivity index (χ0v) is 13.2. The maximum Gasteiger partial charge on any atom is 0.248 e. The first-order valence-corrected chi connectivity index (χ1v) is 7.75. The van der Waals surface area contributed by atoms with Crippen LogP contribution in [0.1, 0.15) is 47.9 Å². The molecular weight excluding hydrogens is 272 g/mol. The number of hydrogen-bond donors (Lipinski definition) is 0. The predicted molar refractivity (Wildman–Crippen MR) is 88.1 cm³/mol. The lowest BCUT2D eigenvalue weighted by Gasteiger charge is -2.28. The molecule has 112 valence electrons. The molecule has 0 amide bonds. The first kappa shape index (κ1) is 13.6. The van der Waals surface area contributed by atoms with Gasteiger partial charge in [-0.1, -0.05) is 56.8 Å². The standard InChI is InChI=1S/C20H20O2/c1-12(2)14-9-10-16-18(11-14)22-20(21-4)17-8-6-5-7-15(17)13(3)19(16)20/h5-12,19H,3H2,1-2,4H3. The van der Waals surface area contributed by atoms with Crippen molar-refractivity contribution < 1.29 is 9.47 Å². The van der Waals surface area contributed by atoms with Crippen molar-refractivity contribution in [1.29, 1.82) is 0 Å². The Labute approximate surface area is 131 Å². The van der Waals surface area contributed by atoms with Crippen LogP contribution in [0.15, 0.2) is 49.0 Å². The van der Waals surface area contributed by atoms with Gasteiger partial charge in [0.05, 0.1) is 5.92 Å². The minimum Gasteiger partial charge on any atom is -0.457 e. The molecule has 0 bridgehead atoms. The molecule has 0 saturated carbocycles. The molecule has 2 aromatic carbocycles. The van der Waals surface area contributed by atoms with Crippen molar-refractivity contribution in [3.05, 3.63) is 71.3 Å². The summed E-state index contributed by atoms with van der Waals surface area (Å²) in [4.78, 5) is 0. The predicted octanol–water partition coefficient (Wildman–Crippen LogP) is 4.81. The summed E-state index contributed by atoms with van der Waals surface area (Å²) >= 11 is 0. The lowest BCUT2D eigenvalue weighted by molar-refractivity contribution is -0.161. The summed E-state index contributed by atoms with van der Waals surface area (Å²) in [6.07, 6.45) is 0. The largest absolute Gasteiger partial charge is 0.457 e. The van der Waals surface area contributed by atoms with Crippen LogP contribution in [0, 0.1) is 0 Å². The van der Waals surface area contributed by atoms with Crippen molar-refractivity contribution in [2.75, 3.05) is 7.11 Å². The van der Waals surface area contributed by atoms with Crippen molar-refractivity contribution in [1.82, 2.24) is 0 Å². The molecular formula is C20H20O2. The SMILES string of the molecule is C=C1c2ccccc2C2(OC)Oc3cc(C(C)C)ccc3C12. The zero-order valence-electron chi connectivity index (χ0n) is 13.2. The number of benzene rings is 2. The lowest BCUT2D eigenvalue weighted by atomic mass is 9.89. The average Bonchev–Trinajstić information content (AvgIpc) is 2.99. The molecule has 1 heterocycles. The third-order valence-corrected chi connectivity index (χ3v) is 4.96. The van der Waals surface area contributed by atoms with E-state index in [-0.39, 0.29) is 5.92 Å². The Balaban J connectivity index is 1.92. The molecule has 0 spiro atoms. The van der Waals surface area contributed by atoms with E-state index >= 15 is 0 Å². The Morgan fingerprint density at radius 2 is 1.95 bits per heavy atom. The van der Waals surface area contributed by atoms with Crippen LogP contribution in [-0.2, 0) is 10.5 Å². The zero-order chi connectivity index (χ0) is 15.5. The second kappa shape index (κ2) is 4.47. The van der Waals surface area contributed by atoms with Crippen molar-refractivity contribution >= 4 is 5.57 Å². The third-order valence-electron chi connectivity index (χ3n) is 4.96. The van der Waals surface area contributed by atoms with Crippen LogP contribution >= 0.6 is 0 Å². The summed E-state index contributed by atoms with van der Waals surface area (Å²) < 4.78 is 12.3. The highest BCUT2D eigenvalue weighted by Gasteiger charge is 2.57. The maximum atomic E-state index is 6.37. The highest BCUT2D eigenvalue weighted by molar-refractivity contribution is 5.81. The molecule has 4 rings (SSSR count). The minimum absolute atomic E-state index is 0.0334. The highest BCUT2D eigenvalue weighted by Crippen LogP contribution is 2.61. The summed E-state index contributed by atoms with van der Waals surface area (Å²) in [7, 11) is 1.72.